The Bertz CT molecular complexity index is 1160. The number of nitrogens with one attached hydrogen (secondary N) is 2. The fourth-order valence-corrected chi connectivity index (χ4v) is 4.92. The van der Waals surface area contributed by atoms with E-state index in [1.165, 1.54) is 16.8 Å². The maximum absolute atomic E-state index is 14.1. The Morgan fingerprint density at radius 3 is 2.82 bits per heavy atom. The highest BCUT2D eigenvalue weighted by Crippen LogP contribution is 2.30. The van der Waals surface area contributed by atoms with Crippen LogP contribution in [0.2, 0.25) is 0 Å². The van der Waals surface area contributed by atoms with Crippen molar-refractivity contribution in [3.05, 3.63) is 46.9 Å². The van der Waals surface area contributed by atoms with E-state index in [1.807, 2.05) is 6.92 Å². The summed E-state index contributed by atoms with van der Waals surface area (Å²) in [6.45, 7) is 3.09. The van der Waals surface area contributed by atoms with Gasteiger partial charge in [0.15, 0.2) is 0 Å². The second kappa shape index (κ2) is 8.12. The molecule has 2 aromatic heterocycles. The van der Waals surface area contributed by atoms with Gasteiger partial charge in [0.2, 0.25) is 0 Å². The molecule has 2 atom stereocenters. The highest BCUT2D eigenvalue weighted by molar-refractivity contribution is 5.99. The lowest BCUT2D eigenvalue weighted by Gasteiger charge is -2.39. The van der Waals surface area contributed by atoms with Crippen molar-refractivity contribution in [2.75, 3.05) is 6.54 Å². The smallest absolute Gasteiger partial charge is 0.350 e. The molecule has 1 amide bonds. The minimum absolute atomic E-state index is 0.0702. The average molecular weight is 464 g/mol. The molecule has 176 valence electrons. The first kappa shape index (κ1) is 21.9. The number of hydrogen-bond donors (Lipinski definition) is 2. The SMILES string of the molecule is Cc1ccc(F)c2cc(C(=O)N[C@@H]3CCC[C@@H](N4CCn5nc(C(F)(F)F)nc5C4)C3)[nH]c12. The molecular weight excluding hydrogens is 440 g/mol. The average Bonchev–Trinajstić information content (AvgIpc) is 3.41. The summed E-state index contributed by atoms with van der Waals surface area (Å²) in [4.78, 5) is 21.7. The van der Waals surface area contributed by atoms with Crippen LogP contribution >= 0.6 is 0 Å². The number of aromatic amines is 1. The largest absolute Gasteiger partial charge is 0.453 e. The van der Waals surface area contributed by atoms with Crippen LogP contribution in [-0.4, -0.2) is 49.2 Å². The number of benzene rings is 1. The molecular formula is C22H24F4N6O. The van der Waals surface area contributed by atoms with E-state index in [2.05, 4.69) is 25.3 Å². The molecule has 11 heteroatoms. The summed E-state index contributed by atoms with van der Waals surface area (Å²) in [5.41, 5.74) is 1.78. The number of aryl methyl sites for hydroxylation is 1. The molecule has 33 heavy (non-hydrogen) atoms. The van der Waals surface area contributed by atoms with E-state index < -0.39 is 12.0 Å². The summed E-state index contributed by atoms with van der Waals surface area (Å²) in [6.07, 6.45) is -1.24. The van der Waals surface area contributed by atoms with Crippen LogP contribution in [0.25, 0.3) is 10.9 Å². The molecule has 3 aromatic rings. The number of carbonyl (C=O) groups is 1. The zero-order chi connectivity index (χ0) is 23.3. The molecule has 0 saturated heterocycles. The number of nitrogens with zero attached hydrogens (tertiary/aromatic N) is 4. The first-order chi connectivity index (χ1) is 15.7. The van der Waals surface area contributed by atoms with Gasteiger partial charge < -0.3 is 10.3 Å². The molecule has 1 fully saturated rings. The van der Waals surface area contributed by atoms with Crippen molar-refractivity contribution in [2.24, 2.45) is 0 Å². The predicted octanol–water partition coefficient (Wildman–Crippen LogP) is 3.78. The lowest BCUT2D eigenvalue weighted by Crippen LogP contribution is -2.48. The van der Waals surface area contributed by atoms with E-state index in [9.17, 15) is 22.4 Å². The number of carbonyl (C=O) groups excluding carboxylic acids is 1. The normalized spacial score (nSPS) is 21.8. The van der Waals surface area contributed by atoms with Crippen LogP contribution in [0.5, 0.6) is 0 Å². The molecule has 3 heterocycles. The lowest BCUT2D eigenvalue weighted by molar-refractivity contribution is -0.145. The number of halogens is 4. The van der Waals surface area contributed by atoms with Crippen molar-refractivity contribution < 1.29 is 22.4 Å². The van der Waals surface area contributed by atoms with E-state index in [1.54, 1.807) is 6.07 Å². The number of aromatic nitrogens is 4. The summed E-state index contributed by atoms with van der Waals surface area (Å²) in [5, 5.41) is 7.02. The molecule has 0 radical (unpaired) electrons. The zero-order valence-electron chi connectivity index (χ0n) is 18.0. The first-order valence-electron chi connectivity index (χ1n) is 11.0. The highest BCUT2D eigenvalue weighted by atomic mass is 19.4. The van der Waals surface area contributed by atoms with Gasteiger partial charge in [0, 0.05) is 24.0 Å². The van der Waals surface area contributed by atoms with Crippen molar-refractivity contribution >= 4 is 16.8 Å². The van der Waals surface area contributed by atoms with Gasteiger partial charge in [0.05, 0.1) is 18.6 Å². The second-order valence-electron chi connectivity index (χ2n) is 8.87. The lowest BCUT2D eigenvalue weighted by atomic mass is 9.89. The molecule has 7 nitrogen and oxygen atoms in total. The van der Waals surface area contributed by atoms with E-state index in [-0.39, 0.29) is 23.8 Å². The van der Waals surface area contributed by atoms with Crippen LogP contribution < -0.4 is 5.32 Å². The molecule has 1 saturated carbocycles. The molecule has 1 aliphatic carbocycles. The Kier molecular flexibility index (Phi) is 5.38. The van der Waals surface area contributed by atoms with Crippen LogP contribution in [0, 0.1) is 12.7 Å². The molecule has 2 aliphatic rings. The van der Waals surface area contributed by atoms with Gasteiger partial charge in [-0.2, -0.15) is 13.2 Å². The van der Waals surface area contributed by atoms with E-state index >= 15 is 0 Å². The van der Waals surface area contributed by atoms with Gasteiger partial charge in [0.1, 0.15) is 17.3 Å². The number of H-pyrrole nitrogens is 1. The van der Waals surface area contributed by atoms with Gasteiger partial charge in [-0.05, 0) is 50.3 Å². The van der Waals surface area contributed by atoms with Crippen LogP contribution in [0.3, 0.4) is 0 Å². The number of alkyl halides is 3. The fourth-order valence-electron chi connectivity index (χ4n) is 4.92. The van der Waals surface area contributed by atoms with E-state index in [0.29, 0.717) is 48.5 Å². The Morgan fingerprint density at radius 2 is 2.06 bits per heavy atom. The van der Waals surface area contributed by atoms with Crippen LogP contribution in [-0.2, 0) is 19.3 Å². The predicted molar refractivity (Wildman–Crippen MR) is 112 cm³/mol. The number of fused-ring (bicyclic) bond motifs is 2. The molecule has 0 bridgehead atoms. The Balaban J connectivity index is 1.25. The number of amides is 1. The Morgan fingerprint density at radius 1 is 1.24 bits per heavy atom. The fraction of sp³-hybridized carbons (Fsp3) is 0.500. The number of hydrogen-bond acceptors (Lipinski definition) is 4. The highest BCUT2D eigenvalue weighted by Gasteiger charge is 2.39. The van der Waals surface area contributed by atoms with Crippen LogP contribution in [0.1, 0.15) is 53.4 Å². The van der Waals surface area contributed by atoms with E-state index in [0.717, 1.165) is 24.8 Å². The van der Waals surface area contributed by atoms with E-state index in [4.69, 9.17) is 0 Å². The minimum Gasteiger partial charge on any atom is -0.350 e. The summed E-state index contributed by atoms with van der Waals surface area (Å²) in [5.74, 6) is -1.45. The van der Waals surface area contributed by atoms with Crippen molar-refractivity contribution in [1.29, 1.82) is 0 Å². The van der Waals surface area contributed by atoms with Gasteiger partial charge >= 0.3 is 6.18 Å². The molecule has 5 rings (SSSR count). The number of rotatable bonds is 3. The topological polar surface area (TPSA) is 78.8 Å². The Labute approximate surface area is 187 Å². The molecule has 2 N–H and O–H groups in total. The third kappa shape index (κ3) is 4.21. The minimum atomic E-state index is -4.56. The standard InChI is InChI=1S/C22H24F4N6O/c1-12-5-6-16(23)15-10-17(28-19(12)15)20(33)27-13-3-2-4-14(9-13)31-7-8-32-18(11-31)29-21(30-32)22(24,25)26/h5-6,10,13-14,28H,2-4,7-9,11H2,1H3,(H,27,33)/t13-,14-/m1/s1. The third-order valence-corrected chi connectivity index (χ3v) is 6.64. The van der Waals surface area contributed by atoms with Crippen molar-refractivity contribution in [2.45, 2.75) is 64.0 Å². The molecule has 1 aromatic carbocycles. The van der Waals surface area contributed by atoms with Gasteiger partial charge in [0.25, 0.3) is 11.7 Å². The van der Waals surface area contributed by atoms with Gasteiger partial charge in [-0.25, -0.2) is 14.1 Å². The zero-order valence-corrected chi connectivity index (χ0v) is 18.0. The second-order valence-corrected chi connectivity index (χ2v) is 8.87. The van der Waals surface area contributed by atoms with Crippen molar-refractivity contribution in [1.82, 2.24) is 30.0 Å². The molecule has 0 spiro atoms. The maximum Gasteiger partial charge on any atom is 0.453 e. The summed E-state index contributed by atoms with van der Waals surface area (Å²) in [6, 6.07) is 4.64. The van der Waals surface area contributed by atoms with Crippen molar-refractivity contribution in [3.63, 3.8) is 0 Å². The van der Waals surface area contributed by atoms with Crippen LogP contribution in [0.15, 0.2) is 18.2 Å². The molecule has 1 aliphatic heterocycles. The quantitative estimate of drug-likeness (QED) is 0.579. The Hall–Kier alpha value is -2.95. The summed E-state index contributed by atoms with van der Waals surface area (Å²) < 4.78 is 54.2. The van der Waals surface area contributed by atoms with Crippen molar-refractivity contribution in [3.8, 4) is 0 Å². The van der Waals surface area contributed by atoms with Gasteiger partial charge in [-0.1, -0.05) is 6.07 Å². The summed E-state index contributed by atoms with van der Waals surface area (Å²) >= 11 is 0. The monoisotopic (exact) mass is 464 g/mol. The van der Waals surface area contributed by atoms with Gasteiger partial charge in [-0.3, -0.25) is 9.69 Å². The first-order valence-corrected chi connectivity index (χ1v) is 11.0. The van der Waals surface area contributed by atoms with Crippen LogP contribution in [0.4, 0.5) is 17.6 Å². The summed E-state index contributed by atoms with van der Waals surface area (Å²) in [7, 11) is 0. The third-order valence-electron chi connectivity index (χ3n) is 6.64. The maximum atomic E-state index is 14.1. The molecule has 0 unspecified atom stereocenters. The van der Waals surface area contributed by atoms with Gasteiger partial charge in [-0.15, -0.1) is 5.10 Å².